The second-order valence-corrected chi connectivity index (χ2v) is 5.29. The van der Waals surface area contributed by atoms with Gasteiger partial charge in [-0.15, -0.1) is 15.3 Å². The van der Waals surface area contributed by atoms with Gasteiger partial charge in [0.25, 0.3) is 0 Å². The number of nitrogens with zero attached hydrogens (tertiary/aromatic N) is 5. The van der Waals surface area contributed by atoms with Crippen LogP contribution in [0.3, 0.4) is 0 Å². The lowest BCUT2D eigenvalue weighted by Crippen LogP contribution is -2.15. The summed E-state index contributed by atoms with van der Waals surface area (Å²) in [7, 11) is 0. The summed E-state index contributed by atoms with van der Waals surface area (Å²) in [6, 6.07) is 0.452. The highest BCUT2D eigenvalue weighted by Crippen LogP contribution is 2.18. The maximum absolute atomic E-state index is 11.8. The van der Waals surface area contributed by atoms with Crippen molar-refractivity contribution < 1.29 is 9.53 Å². The van der Waals surface area contributed by atoms with E-state index in [1.807, 2.05) is 25.3 Å². The van der Waals surface area contributed by atoms with Crippen molar-refractivity contribution in [3.8, 4) is 6.01 Å². The monoisotopic (exact) mass is 311 g/mol. The summed E-state index contributed by atoms with van der Waals surface area (Å²) in [5.74, 6) is 0.252. The van der Waals surface area contributed by atoms with Crippen LogP contribution in [0, 0.1) is 0 Å². The van der Waals surface area contributed by atoms with E-state index in [0.29, 0.717) is 11.8 Å². The molecular weight excluding hydrogens is 294 g/mol. The highest BCUT2D eigenvalue weighted by Gasteiger charge is 2.12. The number of hydrogen-bond donors (Lipinski definition) is 2. The molecule has 2 rings (SSSR count). The summed E-state index contributed by atoms with van der Waals surface area (Å²) < 4.78 is 7.00. The number of thioether (sulfide) groups is 1. The van der Waals surface area contributed by atoms with Crippen molar-refractivity contribution in [3.05, 3.63) is 6.33 Å². The molecule has 0 atom stereocenters. The van der Waals surface area contributed by atoms with E-state index >= 15 is 0 Å². The number of carbonyl (C=O) groups excluding carboxylic acids is 1. The van der Waals surface area contributed by atoms with E-state index in [-0.39, 0.29) is 29.7 Å². The van der Waals surface area contributed by atoms with Crippen molar-refractivity contribution in [1.82, 2.24) is 29.9 Å². The summed E-state index contributed by atoms with van der Waals surface area (Å²) in [5.41, 5.74) is 0. The first-order chi connectivity index (χ1) is 10.1. The summed E-state index contributed by atoms with van der Waals surface area (Å²) in [6.45, 7) is 6.34. The molecular formula is C11H17N7O2S. The minimum atomic E-state index is -0.211. The molecule has 0 fully saturated rings. The lowest BCUT2D eigenvalue weighted by atomic mass is 10.4. The molecule has 0 aliphatic carbocycles. The van der Waals surface area contributed by atoms with Gasteiger partial charge >= 0.3 is 6.01 Å². The summed E-state index contributed by atoms with van der Waals surface area (Å²) in [6.07, 6.45) is 1.65. The number of ether oxygens (including phenoxy) is 1. The molecule has 10 heteroatoms. The molecule has 2 aromatic heterocycles. The second-order valence-electron chi connectivity index (χ2n) is 4.35. The molecule has 0 spiro atoms. The van der Waals surface area contributed by atoms with Crippen molar-refractivity contribution in [2.24, 2.45) is 0 Å². The molecule has 0 aliphatic rings. The average Bonchev–Trinajstić information content (AvgIpc) is 3.06. The number of nitrogens with one attached hydrogen (secondary N) is 2. The highest BCUT2D eigenvalue weighted by molar-refractivity contribution is 7.99. The molecule has 0 aliphatic heterocycles. The van der Waals surface area contributed by atoms with Crippen LogP contribution in [-0.4, -0.2) is 48.2 Å². The molecule has 1 amide bonds. The van der Waals surface area contributed by atoms with Crippen LogP contribution in [0.15, 0.2) is 11.5 Å². The number of aromatic amines is 1. The van der Waals surface area contributed by atoms with E-state index in [0.717, 1.165) is 0 Å². The second kappa shape index (κ2) is 7.07. The predicted molar refractivity (Wildman–Crippen MR) is 77.3 cm³/mol. The van der Waals surface area contributed by atoms with Gasteiger partial charge in [0.15, 0.2) is 5.16 Å². The van der Waals surface area contributed by atoms with Crippen LogP contribution in [0.2, 0.25) is 0 Å². The quantitative estimate of drug-likeness (QED) is 0.737. The number of amides is 1. The van der Waals surface area contributed by atoms with Gasteiger partial charge in [-0.05, 0) is 20.8 Å². The van der Waals surface area contributed by atoms with Crippen LogP contribution in [-0.2, 0) is 4.79 Å². The van der Waals surface area contributed by atoms with Crippen LogP contribution >= 0.6 is 11.8 Å². The lowest BCUT2D eigenvalue weighted by Gasteiger charge is -2.08. The Morgan fingerprint density at radius 1 is 1.57 bits per heavy atom. The molecule has 21 heavy (non-hydrogen) atoms. The fourth-order valence-electron chi connectivity index (χ4n) is 1.48. The van der Waals surface area contributed by atoms with E-state index < -0.39 is 0 Å². The zero-order valence-corrected chi connectivity index (χ0v) is 12.8. The van der Waals surface area contributed by atoms with Crippen molar-refractivity contribution in [2.45, 2.75) is 32.0 Å². The van der Waals surface area contributed by atoms with Crippen LogP contribution < -0.4 is 10.1 Å². The van der Waals surface area contributed by atoms with Gasteiger partial charge in [0.2, 0.25) is 11.9 Å². The zero-order valence-electron chi connectivity index (χ0n) is 12.0. The number of anilines is 1. The number of aromatic nitrogens is 6. The third-order valence-electron chi connectivity index (χ3n) is 2.43. The number of hydrogen-bond acceptors (Lipinski definition) is 7. The first-order valence-electron chi connectivity index (χ1n) is 6.47. The number of carbonyl (C=O) groups is 1. The minimum Gasteiger partial charge on any atom is -0.463 e. The molecule has 2 heterocycles. The van der Waals surface area contributed by atoms with E-state index in [2.05, 4.69) is 30.7 Å². The highest BCUT2D eigenvalue weighted by atomic mass is 32.2. The van der Waals surface area contributed by atoms with E-state index in [1.54, 1.807) is 6.33 Å². The van der Waals surface area contributed by atoms with Gasteiger partial charge in [-0.1, -0.05) is 11.8 Å². The first kappa shape index (κ1) is 15.3. The minimum absolute atomic E-state index is 0.204. The average molecular weight is 311 g/mol. The molecule has 0 saturated heterocycles. The van der Waals surface area contributed by atoms with Gasteiger partial charge in [0, 0.05) is 6.04 Å². The van der Waals surface area contributed by atoms with Crippen molar-refractivity contribution in [2.75, 3.05) is 17.7 Å². The Morgan fingerprint density at radius 3 is 3.10 bits per heavy atom. The fraction of sp³-hybridized carbons (Fsp3) is 0.545. The third-order valence-corrected chi connectivity index (χ3v) is 3.38. The molecule has 2 aromatic rings. The lowest BCUT2D eigenvalue weighted by molar-refractivity contribution is -0.113. The Balaban J connectivity index is 1.85. The van der Waals surface area contributed by atoms with Crippen molar-refractivity contribution >= 4 is 23.6 Å². The SMILES string of the molecule is CCOc1n[nH]c(NC(=O)CSc2nncn2C(C)C)n1. The van der Waals surface area contributed by atoms with Crippen molar-refractivity contribution in [1.29, 1.82) is 0 Å². The Bertz CT molecular complexity index is 595. The largest absolute Gasteiger partial charge is 0.463 e. The summed E-state index contributed by atoms with van der Waals surface area (Å²) in [5, 5.41) is 17.5. The molecule has 0 aromatic carbocycles. The Labute approximate surface area is 125 Å². The Morgan fingerprint density at radius 2 is 2.38 bits per heavy atom. The maximum atomic E-state index is 11.8. The van der Waals surface area contributed by atoms with Gasteiger partial charge in [-0.2, -0.15) is 4.98 Å². The van der Waals surface area contributed by atoms with Gasteiger partial charge in [0.1, 0.15) is 6.33 Å². The molecule has 0 bridgehead atoms. The molecule has 2 N–H and O–H groups in total. The fourth-order valence-corrected chi connectivity index (χ4v) is 2.33. The molecule has 0 unspecified atom stereocenters. The van der Waals surface area contributed by atoms with E-state index in [1.165, 1.54) is 11.8 Å². The van der Waals surface area contributed by atoms with Crippen LogP contribution in [0.4, 0.5) is 5.95 Å². The standard InChI is InChI=1S/C11H17N7O2S/c1-4-20-10-14-9(15-16-10)13-8(19)5-21-11-17-12-6-18(11)7(2)3/h6-7H,4-5H2,1-3H3,(H2,13,14,15,16,19). The van der Waals surface area contributed by atoms with Crippen LogP contribution in [0.1, 0.15) is 26.8 Å². The zero-order chi connectivity index (χ0) is 15.2. The van der Waals surface area contributed by atoms with Gasteiger partial charge in [0.05, 0.1) is 12.4 Å². The smallest absolute Gasteiger partial charge is 0.337 e. The molecule has 114 valence electrons. The first-order valence-corrected chi connectivity index (χ1v) is 7.46. The third kappa shape index (κ3) is 4.18. The summed E-state index contributed by atoms with van der Waals surface area (Å²) >= 11 is 1.31. The molecule has 0 radical (unpaired) electrons. The predicted octanol–water partition coefficient (Wildman–Crippen LogP) is 1.11. The molecule has 0 saturated carbocycles. The summed E-state index contributed by atoms with van der Waals surface area (Å²) in [4.78, 5) is 15.8. The molecule has 9 nitrogen and oxygen atoms in total. The Hall–Kier alpha value is -2.10. The maximum Gasteiger partial charge on any atom is 0.337 e. The number of H-pyrrole nitrogens is 1. The van der Waals surface area contributed by atoms with Crippen LogP contribution in [0.5, 0.6) is 6.01 Å². The topological polar surface area (TPSA) is 111 Å². The van der Waals surface area contributed by atoms with Gasteiger partial charge in [-0.3, -0.25) is 10.1 Å². The van der Waals surface area contributed by atoms with Gasteiger partial charge < -0.3 is 9.30 Å². The van der Waals surface area contributed by atoms with E-state index in [4.69, 9.17) is 4.74 Å². The normalized spacial score (nSPS) is 10.9. The van der Waals surface area contributed by atoms with Gasteiger partial charge in [-0.25, -0.2) is 5.10 Å². The van der Waals surface area contributed by atoms with Crippen LogP contribution in [0.25, 0.3) is 0 Å². The van der Waals surface area contributed by atoms with E-state index in [9.17, 15) is 4.79 Å². The Kier molecular flexibility index (Phi) is 5.14. The number of rotatable bonds is 7. The van der Waals surface area contributed by atoms with Crippen molar-refractivity contribution in [3.63, 3.8) is 0 Å².